The van der Waals surface area contributed by atoms with Crippen molar-refractivity contribution < 1.29 is 44.0 Å². The maximum Gasteiger partial charge on any atom is 1.00 e. The molecule has 0 saturated heterocycles. The normalized spacial score (nSPS) is 16.8. The van der Waals surface area contributed by atoms with Gasteiger partial charge in [0.15, 0.2) is 0 Å². The maximum absolute atomic E-state index is 10.9. The summed E-state index contributed by atoms with van der Waals surface area (Å²) in [5, 5.41) is 13.9. The van der Waals surface area contributed by atoms with E-state index in [2.05, 4.69) is 33.3 Å². The quantitative estimate of drug-likeness (QED) is 0.409. The van der Waals surface area contributed by atoms with Gasteiger partial charge in [-0.25, -0.2) is 0 Å². The van der Waals surface area contributed by atoms with Crippen LogP contribution in [0.4, 0.5) is 0 Å². The Morgan fingerprint density at radius 1 is 1.29 bits per heavy atom. The van der Waals surface area contributed by atoms with E-state index in [4.69, 9.17) is 4.55 Å². The summed E-state index contributed by atoms with van der Waals surface area (Å²) in [5.41, 5.74) is 0.357. The molecule has 17 heavy (non-hydrogen) atoms. The van der Waals surface area contributed by atoms with Crippen molar-refractivity contribution in [3.8, 4) is 0 Å². The van der Waals surface area contributed by atoms with Gasteiger partial charge in [0.2, 0.25) is 0 Å². The Labute approximate surface area is 126 Å². The molecule has 0 aliphatic carbocycles. The summed E-state index contributed by atoms with van der Waals surface area (Å²) in [7, 11) is -4.26. The Kier molecular flexibility index (Phi) is 4.44. The molecule has 10 heteroatoms. The third-order valence-electron chi connectivity index (χ3n) is 1.93. The minimum absolute atomic E-state index is 0. The van der Waals surface area contributed by atoms with Gasteiger partial charge >= 0.3 is 29.6 Å². The van der Waals surface area contributed by atoms with Gasteiger partial charge in [0.05, 0.1) is 4.90 Å². The van der Waals surface area contributed by atoms with Gasteiger partial charge in [0.1, 0.15) is 0 Å². The van der Waals surface area contributed by atoms with E-state index in [0.29, 0.717) is 5.56 Å². The second kappa shape index (κ2) is 5.12. The molecule has 1 N–H and O–H groups in total. The Hall–Kier alpha value is -0.320. The number of nitrogens with zero attached hydrogens (tertiary/aromatic N) is 4. The Balaban J connectivity index is 0.00000144. The van der Waals surface area contributed by atoms with E-state index in [-0.39, 0.29) is 35.9 Å². The minimum atomic E-state index is -4.26. The zero-order valence-electron chi connectivity index (χ0n) is 9.72. The molecule has 0 saturated carbocycles. The molecule has 0 aromatic heterocycles. The third kappa shape index (κ3) is 3.12. The molecular weight excluding hydrogens is 275 g/mol. The standard InChI is InChI=1S/C7H6N4O3S2.Na.H/c12-16(13,14)6-3-1-2-5(4-6)7(15)8-10-11-9-7;;/h1-4,15H,(H,12,13,14);;/q;+1;-1. The zero-order chi connectivity index (χ0) is 11.8. The fourth-order valence-corrected chi connectivity index (χ4v) is 1.91. The summed E-state index contributed by atoms with van der Waals surface area (Å²) in [6.07, 6.45) is 0. The first-order valence-electron chi connectivity index (χ1n) is 4.06. The number of benzene rings is 1. The first kappa shape index (κ1) is 14.7. The van der Waals surface area contributed by atoms with Gasteiger partial charge in [-0.05, 0) is 22.6 Å². The first-order chi connectivity index (χ1) is 7.42. The predicted molar refractivity (Wildman–Crippen MR) is 57.7 cm³/mol. The molecule has 7 nitrogen and oxygen atoms in total. The first-order valence-corrected chi connectivity index (χ1v) is 5.95. The van der Waals surface area contributed by atoms with E-state index in [1.54, 1.807) is 6.07 Å². The Morgan fingerprint density at radius 2 is 1.88 bits per heavy atom. The predicted octanol–water partition coefficient (Wildman–Crippen LogP) is -1.08. The van der Waals surface area contributed by atoms with E-state index in [9.17, 15) is 8.42 Å². The van der Waals surface area contributed by atoms with Crippen LogP contribution in [0, 0.1) is 0 Å². The van der Waals surface area contributed by atoms with Crippen LogP contribution >= 0.6 is 12.6 Å². The number of hydrogen-bond acceptors (Lipinski definition) is 7. The molecule has 0 atom stereocenters. The molecule has 0 amide bonds. The molecule has 86 valence electrons. The van der Waals surface area contributed by atoms with Crippen LogP contribution in [0.5, 0.6) is 0 Å². The van der Waals surface area contributed by atoms with Crippen molar-refractivity contribution in [1.29, 1.82) is 0 Å². The van der Waals surface area contributed by atoms with Crippen molar-refractivity contribution in [3.63, 3.8) is 0 Å². The SMILES string of the molecule is O=S(=O)(O)c1cccc(C2(S)N=NN=N2)c1.[H-].[Na+]. The molecule has 1 aromatic carbocycles. The summed E-state index contributed by atoms with van der Waals surface area (Å²) in [6.45, 7) is 0. The van der Waals surface area contributed by atoms with Gasteiger partial charge < -0.3 is 1.43 Å². The fraction of sp³-hybridized carbons (Fsp3) is 0.143. The summed E-state index contributed by atoms with van der Waals surface area (Å²) >= 11 is 4.12. The van der Waals surface area contributed by atoms with Crippen molar-refractivity contribution >= 4 is 22.7 Å². The molecule has 1 heterocycles. The molecule has 1 aromatic rings. The van der Waals surface area contributed by atoms with Crippen molar-refractivity contribution in [1.82, 2.24) is 0 Å². The topological polar surface area (TPSA) is 104 Å². The number of hydrogen-bond donors (Lipinski definition) is 2. The molecule has 1 aliphatic heterocycles. The zero-order valence-corrected chi connectivity index (χ0v) is 12.4. The summed E-state index contributed by atoms with van der Waals surface area (Å²) in [6, 6.07) is 5.47. The minimum Gasteiger partial charge on any atom is -1.00 e. The van der Waals surface area contributed by atoms with Crippen LogP contribution in [0.3, 0.4) is 0 Å². The Morgan fingerprint density at radius 3 is 2.41 bits per heavy atom. The molecule has 0 bridgehead atoms. The van der Waals surface area contributed by atoms with Gasteiger partial charge in [0, 0.05) is 5.56 Å². The largest absolute Gasteiger partial charge is 1.00 e. The molecule has 0 radical (unpaired) electrons. The van der Waals surface area contributed by atoms with Gasteiger partial charge in [0.25, 0.3) is 15.1 Å². The van der Waals surface area contributed by atoms with Crippen molar-refractivity contribution in [2.45, 2.75) is 9.89 Å². The van der Waals surface area contributed by atoms with Crippen LogP contribution in [0.15, 0.2) is 49.8 Å². The van der Waals surface area contributed by atoms with Crippen LogP contribution < -0.4 is 29.6 Å². The number of thiol groups is 1. The van der Waals surface area contributed by atoms with Crippen molar-refractivity contribution in [3.05, 3.63) is 29.8 Å². The van der Waals surface area contributed by atoms with Gasteiger partial charge in [-0.3, -0.25) is 4.55 Å². The van der Waals surface area contributed by atoms with Gasteiger partial charge in [-0.2, -0.15) is 8.42 Å². The summed E-state index contributed by atoms with van der Waals surface area (Å²) in [4.78, 5) is -1.57. The molecular formula is C7H7N4NaO3S2. The van der Waals surface area contributed by atoms with E-state index < -0.39 is 15.1 Å². The molecule has 0 fully saturated rings. The maximum atomic E-state index is 10.9. The van der Waals surface area contributed by atoms with Crippen LogP contribution in [0.2, 0.25) is 0 Å². The van der Waals surface area contributed by atoms with Gasteiger partial charge in [-0.15, -0.1) is 22.9 Å². The Bertz CT molecular complexity index is 580. The molecule has 0 spiro atoms. The average molecular weight is 282 g/mol. The summed E-state index contributed by atoms with van der Waals surface area (Å²) < 4.78 is 30.7. The van der Waals surface area contributed by atoms with Crippen LogP contribution in [0.25, 0.3) is 0 Å². The molecule has 2 rings (SSSR count). The van der Waals surface area contributed by atoms with Crippen LogP contribution in [0.1, 0.15) is 6.99 Å². The van der Waals surface area contributed by atoms with E-state index >= 15 is 0 Å². The second-order valence-electron chi connectivity index (χ2n) is 3.02. The van der Waals surface area contributed by atoms with Crippen LogP contribution in [-0.2, 0) is 15.1 Å². The third-order valence-corrected chi connectivity index (χ3v) is 3.21. The van der Waals surface area contributed by atoms with E-state index in [1.807, 2.05) is 0 Å². The van der Waals surface area contributed by atoms with E-state index in [0.717, 1.165) is 0 Å². The van der Waals surface area contributed by atoms with E-state index in [1.165, 1.54) is 18.2 Å². The molecule has 1 aliphatic rings. The monoisotopic (exact) mass is 282 g/mol. The van der Waals surface area contributed by atoms with Crippen molar-refractivity contribution in [2.75, 3.05) is 0 Å². The summed E-state index contributed by atoms with van der Waals surface area (Å²) in [5.74, 6) is 0. The van der Waals surface area contributed by atoms with Crippen molar-refractivity contribution in [2.24, 2.45) is 20.7 Å². The van der Waals surface area contributed by atoms with Gasteiger partial charge in [-0.1, -0.05) is 12.1 Å². The average Bonchev–Trinajstić information content (AvgIpc) is 2.66. The number of rotatable bonds is 2. The second-order valence-corrected chi connectivity index (χ2v) is 5.06. The fourth-order valence-electron chi connectivity index (χ4n) is 1.17. The molecule has 0 unspecified atom stereocenters. The smallest absolute Gasteiger partial charge is 1.00 e. The van der Waals surface area contributed by atoms with Crippen LogP contribution in [-0.4, -0.2) is 13.0 Å².